The fraction of sp³-hybridized carbons (Fsp3) is 0.120. The molecule has 1 amide bonds. The van der Waals surface area contributed by atoms with E-state index in [1.165, 1.54) is 36.1 Å². The lowest BCUT2D eigenvalue weighted by molar-refractivity contribution is -0.119. The van der Waals surface area contributed by atoms with Crippen LogP contribution in [0.5, 0.6) is 5.75 Å². The molecule has 4 heterocycles. The molecule has 0 radical (unpaired) electrons. The molecule has 1 aliphatic heterocycles. The van der Waals surface area contributed by atoms with Gasteiger partial charge in [-0.1, -0.05) is 29.8 Å². The number of phenols is 1. The van der Waals surface area contributed by atoms with E-state index in [1.807, 2.05) is 0 Å². The Balaban J connectivity index is 1.47. The van der Waals surface area contributed by atoms with Gasteiger partial charge in [-0.15, -0.1) is 0 Å². The molecule has 0 fully saturated rings. The summed E-state index contributed by atoms with van der Waals surface area (Å²) in [5.74, 6) is -2.24. The lowest BCUT2D eigenvalue weighted by atomic mass is 9.77. The largest absolute Gasteiger partial charge is 0.506 e. The summed E-state index contributed by atoms with van der Waals surface area (Å²) < 4.78 is 30.2. The molecule has 3 aromatic heterocycles. The van der Waals surface area contributed by atoms with Crippen molar-refractivity contribution in [2.75, 3.05) is 11.1 Å². The number of nitrogen functional groups attached to an aromatic ring is 1. The Morgan fingerprint density at radius 3 is 2.71 bits per heavy atom. The van der Waals surface area contributed by atoms with E-state index in [0.29, 0.717) is 16.9 Å². The van der Waals surface area contributed by atoms with Gasteiger partial charge in [0.15, 0.2) is 11.5 Å². The van der Waals surface area contributed by atoms with Gasteiger partial charge >= 0.3 is 0 Å². The summed E-state index contributed by atoms with van der Waals surface area (Å²) in [5.41, 5.74) is 6.66. The molecule has 4 N–H and O–H groups in total. The molecule has 2 aromatic carbocycles. The normalized spacial score (nSPS) is 16.6. The maximum absolute atomic E-state index is 14.4. The Morgan fingerprint density at radius 1 is 1.16 bits per heavy atom. The van der Waals surface area contributed by atoms with Gasteiger partial charge in [0.25, 0.3) is 0 Å². The van der Waals surface area contributed by atoms with Crippen molar-refractivity contribution in [3.63, 3.8) is 0 Å². The van der Waals surface area contributed by atoms with E-state index in [-0.39, 0.29) is 46.5 Å². The third-order valence-electron chi connectivity index (χ3n) is 6.59. The van der Waals surface area contributed by atoms with Crippen molar-refractivity contribution in [1.29, 1.82) is 0 Å². The maximum atomic E-state index is 14.4. The van der Waals surface area contributed by atoms with E-state index in [2.05, 4.69) is 30.4 Å². The minimum absolute atomic E-state index is 0.0585. The number of nitrogens with two attached hydrogens (primary N) is 1. The number of carbonyl (C=O) groups is 1. The van der Waals surface area contributed by atoms with Crippen molar-refractivity contribution >= 4 is 34.8 Å². The van der Waals surface area contributed by atoms with Gasteiger partial charge in [0.05, 0.1) is 17.5 Å². The van der Waals surface area contributed by atoms with Crippen molar-refractivity contribution in [3.8, 4) is 17.3 Å². The number of nitrogens with one attached hydrogen (secondary N) is 1. The number of amides is 1. The van der Waals surface area contributed by atoms with Crippen LogP contribution in [0.3, 0.4) is 0 Å². The van der Waals surface area contributed by atoms with Gasteiger partial charge in [-0.05, 0) is 36.2 Å². The minimum atomic E-state index is -1.51. The molecule has 0 bridgehead atoms. The maximum Gasteiger partial charge on any atom is 0.240 e. The Morgan fingerprint density at radius 2 is 1.95 bits per heavy atom. The molecule has 1 atom stereocenters. The first-order chi connectivity index (χ1) is 18.2. The van der Waals surface area contributed by atoms with E-state index in [9.17, 15) is 18.7 Å². The second kappa shape index (κ2) is 8.42. The zero-order chi connectivity index (χ0) is 26.8. The monoisotopic (exact) mass is 534 g/mol. The summed E-state index contributed by atoms with van der Waals surface area (Å²) in [6, 6.07) is 8.57. The highest BCUT2D eigenvalue weighted by Gasteiger charge is 2.48. The standard InChI is InChI=1S/C25H17ClF2N8O2/c1-25(12-7-14(28)19(26)17(37)8-12)18-20(29)33-21(34-22(18)35-24(25)38)16-9-36-23(30-10-31-36)15(32-16)6-11-4-2-3-5-13(11)27/h2-5,7-10,37H,6H2,1H3,(H3,29,33,34,35,38). The van der Waals surface area contributed by atoms with Gasteiger partial charge in [-0.3, -0.25) is 4.79 Å². The number of carbonyl (C=O) groups excluding carboxylic acids is 1. The Bertz CT molecular complexity index is 1770. The van der Waals surface area contributed by atoms with Gasteiger partial charge in [-0.2, -0.15) is 5.10 Å². The third-order valence-corrected chi connectivity index (χ3v) is 6.96. The molecule has 1 aliphatic rings. The van der Waals surface area contributed by atoms with Crippen molar-refractivity contribution in [1.82, 2.24) is 29.5 Å². The molecule has 0 aliphatic carbocycles. The summed E-state index contributed by atoms with van der Waals surface area (Å²) in [6.07, 6.45) is 3.01. The lowest BCUT2D eigenvalue weighted by Crippen LogP contribution is -2.33. The molecular weight excluding hydrogens is 518 g/mol. The SMILES string of the molecule is CC1(c2cc(O)c(Cl)c(F)c2)C(=O)Nc2nc(-c3cn4ncnc4c(Cc4ccccc4F)n3)nc(N)c21. The number of aromatic hydroxyl groups is 1. The highest BCUT2D eigenvalue weighted by atomic mass is 35.5. The van der Waals surface area contributed by atoms with Crippen molar-refractivity contribution in [2.24, 2.45) is 0 Å². The average Bonchev–Trinajstić information content (AvgIpc) is 3.46. The predicted octanol–water partition coefficient (Wildman–Crippen LogP) is 3.65. The first-order valence-corrected chi connectivity index (χ1v) is 11.7. The number of phenolic OH excluding ortho intramolecular Hbond substituents is 1. The lowest BCUT2D eigenvalue weighted by Gasteiger charge is -2.24. The first-order valence-electron chi connectivity index (χ1n) is 11.3. The molecule has 13 heteroatoms. The van der Waals surface area contributed by atoms with E-state index < -0.39 is 27.9 Å². The molecule has 38 heavy (non-hydrogen) atoms. The van der Waals surface area contributed by atoms with Crippen LogP contribution >= 0.6 is 11.6 Å². The van der Waals surface area contributed by atoms with Crippen molar-refractivity contribution in [3.05, 3.63) is 88.0 Å². The number of anilines is 2. The summed E-state index contributed by atoms with van der Waals surface area (Å²) in [7, 11) is 0. The summed E-state index contributed by atoms with van der Waals surface area (Å²) in [5, 5.41) is 16.4. The second-order valence-corrected chi connectivity index (χ2v) is 9.27. The zero-order valence-electron chi connectivity index (χ0n) is 19.6. The fourth-order valence-corrected chi connectivity index (χ4v) is 4.71. The first kappa shape index (κ1) is 23.7. The molecule has 0 spiro atoms. The smallest absolute Gasteiger partial charge is 0.240 e. The molecular formula is C25H17ClF2N8O2. The van der Waals surface area contributed by atoms with Crippen LogP contribution in [0.15, 0.2) is 48.9 Å². The van der Waals surface area contributed by atoms with Crippen LogP contribution < -0.4 is 11.1 Å². The third kappa shape index (κ3) is 3.52. The van der Waals surface area contributed by atoms with Crippen LogP contribution in [-0.4, -0.2) is 40.6 Å². The molecule has 5 aromatic rings. The van der Waals surface area contributed by atoms with E-state index >= 15 is 0 Å². The van der Waals surface area contributed by atoms with Gasteiger partial charge in [0.2, 0.25) is 5.91 Å². The number of aromatic nitrogens is 6. The van der Waals surface area contributed by atoms with Crippen LogP contribution in [0.1, 0.15) is 29.3 Å². The Labute approximate surface area is 218 Å². The fourth-order valence-electron chi connectivity index (χ4n) is 4.60. The predicted molar refractivity (Wildman–Crippen MR) is 134 cm³/mol. The van der Waals surface area contributed by atoms with E-state index in [4.69, 9.17) is 17.3 Å². The topological polar surface area (TPSA) is 144 Å². The van der Waals surface area contributed by atoms with Gasteiger partial charge < -0.3 is 16.2 Å². The highest BCUT2D eigenvalue weighted by molar-refractivity contribution is 6.32. The Kier molecular flexibility index (Phi) is 5.24. The molecule has 1 unspecified atom stereocenters. The van der Waals surface area contributed by atoms with Gasteiger partial charge in [0, 0.05) is 6.42 Å². The Hall–Kier alpha value is -4.71. The molecule has 10 nitrogen and oxygen atoms in total. The number of rotatable bonds is 4. The van der Waals surface area contributed by atoms with Crippen LogP contribution in [0.4, 0.5) is 20.4 Å². The summed E-state index contributed by atoms with van der Waals surface area (Å²) in [6.45, 7) is 1.52. The van der Waals surface area contributed by atoms with Crippen LogP contribution in [-0.2, 0) is 16.6 Å². The number of halogens is 3. The quantitative estimate of drug-likeness (QED) is 0.317. The molecule has 0 saturated carbocycles. The van der Waals surface area contributed by atoms with Crippen LogP contribution in [0.2, 0.25) is 5.02 Å². The second-order valence-electron chi connectivity index (χ2n) is 8.90. The van der Waals surface area contributed by atoms with Crippen LogP contribution in [0, 0.1) is 11.6 Å². The number of benzene rings is 2. The summed E-state index contributed by atoms with van der Waals surface area (Å²) >= 11 is 5.75. The average molecular weight is 535 g/mol. The number of hydrogen-bond acceptors (Lipinski definition) is 8. The van der Waals surface area contributed by atoms with Crippen molar-refractivity contribution in [2.45, 2.75) is 18.8 Å². The minimum Gasteiger partial charge on any atom is -0.506 e. The van der Waals surface area contributed by atoms with E-state index in [0.717, 1.165) is 6.07 Å². The molecule has 6 rings (SSSR count). The van der Waals surface area contributed by atoms with Crippen molar-refractivity contribution < 1.29 is 18.7 Å². The molecule has 190 valence electrons. The van der Waals surface area contributed by atoms with Gasteiger partial charge in [-0.25, -0.2) is 33.2 Å². The van der Waals surface area contributed by atoms with E-state index in [1.54, 1.807) is 18.2 Å². The number of fused-ring (bicyclic) bond motifs is 2. The highest BCUT2D eigenvalue weighted by Crippen LogP contribution is 2.46. The molecule has 0 saturated heterocycles. The summed E-state index contributed by atoms with van der Waals surface area (Å²) in [4.78, 5) is 30.8. The number of hydrogen-bond donors (Lipinski definition) is 3. The van der Waals surface area contributed by atoms with Gasteiger partial charge in [0.1, 0.15) is 51.5 Å². The number of nitrogens with zero attached hydrogens (tertiary/aromatic N) is 6. The van der Waals surface area contributed by atoms with Crippen LogP contribution in [0.25, 0.3) is 17.2 Å². The zero-order valence-corrected chi connectivity index (χ0v) is 20.3.